The minimum absolute atomic E-state index is 0.353. The van der Waals surface area contributed by atoms with Gasteiger partial charge in [0.05, 0.1) is 25.4 Å². The number of esters is 2. The van der Waals surface area contributed by atoms with E-state index < -0.39 is 11.8 Å². The smallest absolute Gasteiger partial charge is 0.312 e. The Morgan fingerprint density at radius 2 is 1.26 bits per heavy atom. The van der Waals surface area contributed by atoms with Crippen molar-refractivity contribution in [3.63, 3.8) is 0 Å². The third-order valence-electron chi connectivity index (χ3n) is 4.32. The molecule has 0 radical (unpaired) electrons. The summed E-state index contributed by atoms with van der Waals surface area (Å²) in [6.07, 6.45) is 4.58. The van der Waals surface area contributed by atoms with Gasteiger partial charge in [-0.15, -0.1) is 0 Å². The molecular formula is C18H28O5. The van der Waals surface area contributed by atoms with Crippen LogP contribution in [-0.4, -0.2) is 37.4 Å². The predicted octanol–water partition coefficient (Wildman–Crippen LogP) is 2.73. The summed E-state index contributed by atoms with van der Waals surface area (Å²) in [5.41, 5.74) is 0. The summed E-state index contributed by atoms with van der Waals surface area (Å²) in [5, 5.41) is 0. The van der Waals surface area contributed by atoms with Crippen LogP contribution in [0.2, 0.25) is 0 Å². The van der Waals surface area contributed by atoms with E-state index in [-0.39, 0.29) is 24.1 Å². The Kier molecular flexibility index (Phi) is 6.22. The molecule has 0 saturated carbocycles. The molecule has 5 nitrogen and oxygen atoms in total. The van der Waals surface area contributed by atoms with E-state index in [0.29, 0.717) is 25.0 Å². The average molecular weight is 324 g/mol. The van der Waals surface area contributed by atoms with Crippen LogP contribution in [-0.2, 0) is 23.8 Å². The maximum absolute atomic E-state index is 12.4. The van der Waals surface area contributed by atoms with Crippen molar-refractivity contribution in [1.29, 1.82) is 0 Å². The van der Waals surface area contributed by atoms with Crippen molar-refractivity contribution in [3.8, 4) is 0 Å². The lowest BCUT2D eigenvalue weighted by atomic mass is 9.83. The van der Waals surface area contributed by atoms with Gasteiger partial charge in [0.15, 0.2) is 0 Å². The van der Waals surface area contributed by atoms with Crippen LogP contribution >= 0.6 is 0 Å². The summed E-state index contributed by atoms with van der Waals surface area (Å²) in [6.45, 7) is 9.06. The molecule has 130 valence electrons. The maximum atomic E-state index is 12.4. The molecule has 2 aliphatic heterocycles. The summed E-state index contributed by atoms with van der Waals surface area (Å²) in [7, 11) is 0. The van der Waals surface area contributed by atoms with Crippen molar-refractivity contribution >= 4 is 11.9 Å². The fourth-order valence-electron chi connectivity index (χ4n) is 2.85. The summed E-state index contributed by atoms with van der Waals surface area (Å²) >= 11 is 0. The van der Waals surface area contributed by atoms with Gasteiger partial charge < -0.3 is 14.2 Å². The van der Waals surface area contributed by atoms with Crippen LogP contribution in [0.1, 0.15) is 40.5 Å². The van der Waals surface area contributed by atoms with Crippen LogP contribution in [0.4, 0.5) is 0 Å². The molecular weight excluding hydrogens is 296 g/mol. The highest BCUT2D eigenvalue weighted by Gasteiger charge is 2.54. The molecule has 2 heterocycles. The Labute approximate surface area is 138 Å². The number of carbonyl (C=O) groups excluding carboxylic acids is 2. The van der Waals surface area contributed by atoms with Gasteiger partial charge in [-0.2, -0.15) is 0 Å². The Morgan fingerprint density at radius 3 is 1.61 bits per heavy atom. The van der Waals surface area contributed by atoms with E-state index in [4.69, 9.17) is 14.2 Å². The fourth-order valence-corrected chi connectivity index (χ4v) is 2.85. The van der Waals surface area contributed by atoms with Crippen molar-refractivity contribution in [1.82, 2.24) is 0 Å². The Morgan fingerprint density at radius 1 is 0.870 bits per heavy atom. The molecule has 4 atom stereocenters. The summed E-state index contributed by atoms with van der Waals surface area (Å²) in [6, 6.07) is 0. The molecule has 4 unspecified atom stereocenters. The van der Waals surface area contributed by atoms with E-state index >= 15 is 0 Å². The minimum Gasteiger partial charge on any atom is -0.465 e. The van der Waals surface area contributed by atoms with Gasteiger partial charge in [0, 0.05) is 0 Å². The van der Waals surface area contributed by atoms with Gasteiger partial charge in [0.2, 0.25) is 0 Å². The molecule has 1 fully saturated rings. The quantitative estimate of drug-likeness (QED) is 0.507. The van der Waals surface area contributed by atoms with Crippen molar-refractivity contribution < 1.29 is 23.8 Å². The van der Waals surface area contributed by atoms with Gasteiger partial charge >= 0.3 is 11.9 Å². The molecule has 0 spiro atoms. The highest BCUT2D eigenvalue weighted by molar-refractivity contribution is 5.85. The SMILES string of the molecule is CC(C)CCOC(=O)C1C2C=CC(O2)C1C(=O)OCCC(C)C. The van der Waals surface area contributed by atoms with Crippen LogP contribution in [0.15, 0.2) is 12.2 Å². The normalized spacial score (nSPS) is 28.6. The number of ether oxygens (including phenoxy) is 3. The van der Waals surface area contributed by atoms with Crippen molar-refractivity contribution in [2.75, 3.05) is 13.2 Å². The van der Waals surface area contributed by atoms with E-state index in [1.165, 1.54) is 0 Å². The first-order chi connectivity index (χ1) is 10.9. The topological polar surface area (TPSA) is 61.8 Å². The second-order valence-corrected chi connectivity index (χ2v) is 7.20. The number of rotatable bonds is 8. The molecule has 0 amide bonds. The van der Waals surface area contributed by atoms with Gasteiger partial charge in [-0.05, 0) is 24.7 Å². The monoisotopic (exact) mass is 324 g/mol. The first-order valence-corrected chi connectivity index (χ1v) is 8.57. The Hall–Kier alpha value is -1.36. The largest absolute Gasteiger partial charge is 0.465 e. The number of hydrogen-bond acceptors (Lipinski definition) is 5. The Balaban J connectivity index is 1.92. The standard InChI is InChI=1S/C18H28O5/c1-11(2)7-9-21-17(19)15-13-5-6-14(23-13)16(15)18(20)22-10-8-12(3)4/h5-6,11-16H,7-10H2,1-4H3. The van der Waals surface area contributed by atoms with Crippen LogP contribution in [0.5, 0.6) is 0 Å². The highest BCUT2D eigenvalue weighted by Crippen LogP contribution is 2.40. The van der Waals surface area contributed by atoms with Crippen LogP contribution in [0, 0.1) is 23.7 Å². The van der Waals surface area contributed by atoms with E-state index in [1.54, 1.807) is 0 Å². The van der Waals surface area contributed by atoms with Gasteiger partial charge in [0.25, 0.3) is 0 Å². The molecule has 5 heteroatoms. The van der Waals surface area contributed by atoms with Crippen LogP contribution in [0.25, 0.3) is 0 Å². The van der Waals surface area contributed by atoms with E-state index in [2.05, 4.69) is 27.7 Å². The molecule has 2 rings (SSSR count). The fraction of sp³-hybridized carbons (Fsp3) is 0.778. The molecule has 1 saturated heterocycles. The number of fused-ring (bicyclic) bond motifs is 2. The van der Waals surface area contributed by atoms with E-state index in [0.717, 1.165) is 12.8 Å². The highest BCUT2D eigenvalue weighted by atomic mass is 16.6. The summed E-state index contributed by atoms with van der Waals surface area (Å²) in [4.78, 5) is 24.7. The van der Waals surface area contributed by atoms with Crippen molar-refractivity contribution in [2.45, 2.75) is 52.7 Å². The average Bonchev–Trinajstić information content (AvgIpc) is 3.06. The molecule has 0 N–H and O–H groups in total. The third kappa shape index (κ3) is 4.56. The summed E-state index contributed by atoms with van der Waals surface area (Å²) < 4.78 is 16.4. The lowest BCUT2D eigenvalue weighted by molar-refractivity contribution is -0.160. The minimum atomic E-state index is -0.580. The molecule has 0 aromatic carbocycles. The van der Waals surface area contributed by atoms with Crippen LogP contribution < -0.4 is 0 Å². The molecule has 0 aliphatic carbocycles. The van der Waals surface area contributed by atoms with E-state index in [1.807, 2.05) is 12.2 Å². The lowest BCUT2D eigenvalue weighted by Gasteiger charge is -2.22. The van der Waals surface area contributed by atoms with Crippen LogP contribution in [0.3, 0.4) is 0 Å². The molecule has 2 bridgehead atoms. The van der Waals surface area contributed by atoms with Gasteiger partial charge in [-0.3, -0.25) is 9.59 Å². The van der Waals surface area contributed by atoms with Crippen molar-refractivity contribution in [2.24, 2.45) is 23.7 Å². The van der Waals surface area contributed by atoms with Gasteiger partial charge in [-0.25, -0.2) is 0 Å². The lowest BCUT2D eigenvalue weighted by Crippen LogP contribution is -2.38. The van der Waals surface area contributed by atoms with Gasteiger partial charge in [0.1, 0.15) is 11.8 Å². The zero-order valence-electron chi connectivity index (χ0n) is 14.5. The number of hydrogen-bond donors (Lipinski definition) is 0. The molecule has 2 aliphatic rings. The summed E-state index contributed by atoms with van der Waals surface area (Å²) in [5.74, 6) is -0.930. The first kappa shape index (κ1) is 18.0. The molecule has 23 heavy (non-hydrogen) atoms. The third-order valence-corrected chi connectivity index (χ3v) is 4.32. The molecule has 0 aromatic heterocycles. The molecule has 0 aromatic rings. The Bertz CT molecular complexity index is 414. The maximum Gasteiger partial charge on any atom is 0.312 e. The second kappa shape index (κ2) is 7.95. The first-order valence-electron chi connectivity index (χ1n) is 8.57. The predicted molar refractivity (Wildman–Crippen MR) is 85.6 cm³/mol. The van der Waals surface area contributed by atoms with Gasteiger partial charge in [-0.1, -0.05) is 39.8 Å². The second-order valence-electron chi connectivity index (χ2n) is 7.20. The van der Waals surface area contributed by atoms with Crippen molar-refractivity contribution in [3.05, 3.63) is 12.2 Å². The number of carbonyl (C=O) groups is 2. The van der Waals surface area contributed by atoms with E-state index in [9.17, 15) is 9.59 Å². The zero-order valence-corrected chi connectivity index (χ0v) is 14.5. The zero-order chi connectivity index (χ0) is 17.0.